The Kier molecular flexibility index (Phi) is 2.82. The van der Waals surface area contributed by atoms with Crippen LogP contribution in [0.2, 0.25) is 5.02 Å². The normalized spacial score (nSPS) is 10.9. The maximum absolute atomic E-state index is 6.08. The third-order valence-electron chi connectivity index (χ3n) is 2.01. The van der Waals surface area contributed by atoms with Crippen LogP contribution < -0.4 is 0 Å². The van der Waals surface area contributed by atoms with Crippen LogP contribution in [0.15, 0.2) is 27.1 Å². The van der Waals surface area contributed by atoms with Gasteiger partial charge in [0.15, 0.2) is 0 Å². The second kappa shape index (κ2) is 3.80. The fraction of sp³-hybridized carbons (Fsp3) is 0.100. The predicted octanol–water partition coefficient (Wildman–Crippen LogP) is 4.72. The van der Waals surface area contributed by atoms with E-state index in [4.69, 9.17) is 11.6 Å². The van der Waals surface area contributed by atoms with Crippen molar-refractivity contribution in [1.29, 1.82) is 0 Å². The van der Waals surface area contributed by atoms with E-state index in [0.717, 1.165) is 25.5 Å². The predicted molar refractivity (Wildman–Crippen MR) is 66.9 cm³/mol. The van der Waals surface area contributed by atoms with Crippen LogP contribution in [0.3, 0.4) is 0 Å². The molecule has 0 radical (unpaired) electrons. The molecular weight excluding hydrogens is 329 g/mol. The van der Waals surface area contributed by atoms with Crippen molar-refractivity contribution in [3.05, 3.63) is 37.9 Å². The highest BCUT2D eigenvalue weighted by molar-refractivity contribution is 9.11. The summed E-state index contributed by atoms with van der Waals surface area (Å²) in [4.78, 5) is 4.43. The Labute approximate surface area is 104 Å². The van der Waals surface area contributed by atoms with Gasteiger partial charge in [0.2, 0.25) is 0 Å². The van der Waals surface area contributed by atoms with Crippen LogP contribution in [-0.2, 0) is 0 Å². The van der Waals surface area contributed by atoms with Gasteiger partial charge in [0.1, 0.15) is 0 Å². The molecule has 0 saturated heterocycles. The van der Waals surface area contributed by atoms with Gasteiger partial charge in [0.25, 0.3) is 0 Å². The molecule has 2 rings (SSSR count). The molecule has 0 spiro atoms. The fourth-order valence-corrected chi connectivity index (χ4v) is 2.51. The van der Waals surface area contributed by atoms with Gasteiger partial charge in [0.05, 0.1) is 16.2 Å². The zero-order chi connectivity index (χ0) is 10.3. The molecule has 4 heteroatoms. The summed E-state index contributed by atoms with van der Waals surface area (Å²) in [6.07, 6.45) is 0. The molecule has 0 N–H and O–H groups in total. The molecule has 0 aliphatic carbocycles. The number of pyridine rings is 1. The quantitative estimate of drug-likeness (QED) is 0.679. The first kappa shape index (κ1) is 10.4. The number of aromatic nitrogens is 1. The molecular formula is C10H6Br2ClN. The second-order valence-corrected chi connectivity index (χ2v) is 4.99. The number of nitrogens with zero attached hydrogens (tertiary/aromatic N) is 1. The molecule has 14 heavy (non-hydrogen) atoms. The number of para-hydroxylation sites is 1. The molecule has 0 atom stereocenters. The summed E-state index contributed by atoms with van der Waals surface area (Å²) < 4.78 is 1.89. The Bertz CT molecular complexity index is 511. The van der Waals surface area contributed by atoms with Crippen molar-refractivity contribution in [3.8, 4) is 0 Å². The van der Waals surface area contributed by atoms with E-state index in [-0.39, 0.29) is 0 Å². The van der Waals surface area contributed by atoms with Crippen LogP contribution in [0.25, 0.3) is 10.9 Å². The van der Waals surface area contributed by atoms with E-state index in [1.807, 2.05) is 25.1 Å². The Morgan fingerprint density at radius 2 is 2.00 bits per heavy atom. The van der Waals surface area contributed by atoms with E-state index in [1.165, 1.54) is 0 Å². The summed E-state index contributed by atoms with van der Waals surface area (Å²) in [6.45, 7) is 1.89. The van der Waals surface area contributed by atoms with Gasteiger partial charge in [-0.25, -0.2) is 0 Å². The van der Waals surface area contributed by atoms with E-state index < -0.39 is 0 Å². The third kappa shape index (κ3) is 1.58. The van der Waals surface area contributed by atoms with E-state index in [0.29, 0.717) is 5.02 Å². The van der Waals surface area contributed by atoms with Crippen molar-refractivity contribution in [2.45, 2.75) is 6.92 Å². The zero-order valence-electron chi connectivity index (χ0n) is 7.31. The SMILES string of the molecule is Cc1nc2c(Br)cccc2c(Br)c1Cl. The first-order valence-electron chi connectivity index (χ1n) is 4.01. The largest absolute Gasteiger partial charge is 0.250 e. The van der Waals surface area contributed by atoms with Gasteiger partial charge in [0, 0.05) is 14.3 Å². The van der Waals surface area contributed by atoms with Crippen molar-refractivity contribution in [3.63, 3.8) is 0 Å². The number of rotatable bonds is 0. The molecule has 0 amide bonds. The highest BCUT2D eigenvalue weighted by atomic mass is 79.9. The maximum Gasteiger partial charge on any atom is 0.0859 e. The van der Waals surface area contributed by atoms with E-state index in [9.17, 15) is 0 Å². The van der Waals surface area contributed by atoms with Crippen LogP contribution >= 0.6 is 43.5 Å². The number of benzene rings is 1. The Morgan fingerprint density at radius 1 is 1.29 bits per heavy atom. The summed E-state index contributed by atoms with van der Waals surface area (Å²) in [5, 5.41) is 1.70. The summed E-state index contributed by atoms with van der Waals surface area (Å²) in [7, 11) is 0. The Balaban J connectivity index is 2.98. The fourth-order valence-electron chi connectivity index (χ4n) is 1.30. The number of hydrogen-bond acceptors (Lipinski definition) is 1. The Morgan fingerprint density at radius 3 is 2.71 bits per heavy atom. The van der Waals surface area contributed by atoms with Crippen molar-refractivity contribution in [1.82, 2.24) is 4.98 Å². The monoisotopic (exact) mass is 333 g/mol. The number of fused-ring (bicyclic) bond motifs is 1. The van der Waals surface area contributed by atoms with Crippen molar-refractivity contribution >= 4 is 54.4 Å². The van der Waals surface area contributed by atoms with Crippen LogP contribution in [0.5, 0.6) is 0 Å². The smallest absolute Gasteiger partial charge is 0.0859 e. The van der Waals surface area contributed by atoms with Crippen LogP contribution in [-0.4, -0.2) is 4.98 Å². The highest BCUT2D eigenvalue weighted by Crippen LogP contribution is 2.34. The summed E-state index contributed by atoms with van der Waals surface area (Å²) >= 11 is 13.0. The minimum atomic E-state index is 0.676. The van der Waals surface area contributed by atoms with Gasteiger partial charge in [-0.1, -0.05) is 23.7 Å². The maximum atomic E-state index is 6.08. The minimum absolute atomic E-state index is 0.676. The summed E-state index contributed by atoms with van der Waals surface area (Å²) in [5.41, 5.74) is 1.76. The lowest BCUT2D eigenvalue weighted by Gasteiger charge is -2.06. The first-order chi connectivity index (χ1) is 6.61. The third-order valence-corrected chi connectivity index (χ3v) is 4.17. The van der Waals surface area contributed by atoms with Crippen LogP contribution in [0.1, 0.15) is 5.69 Å². The molecule has 0 unspecified atom stereocenters. The zero-order valence-corrected chi connectivity index (χ0v) is 11.2. The number of aryl methyl sites for hydroxylation is 1. The standard InChI is InChI=1S/C10H6Br2ClN/c1-5-9(13)8(12)6-3-2-4-7(11)10(6)14-5/h2-4H,1H3. The van der Waals surface area contributed by atoms with Crippen molar-refractivity contribution in [2.24, 2.45) is 0 Å². The second-order valence-electron chi connectivity index (χ2n) is 2.96. The lowest BCUT2D eigenvalue weighted by molar-refractivity contribution is 1.24. The van der Waals surface area contributed by atoms with Crippen LogP contribution in [0, 0.1) is 6.92 Å². The molecule has 1 aromatic carbocycles. The van der Waals surface area contributed by atoms with Crippen molar-refractivity contribution < 1.29 is 0 Å². The van der Waals surface area contributed by atoms with Gasteiger partial charge >= 0.3 is 0 Å². The van der Waals surface area contributed by atoms with Gasteiger partial charge in [-0.15, -0.1) is 0 Å². The number of hydrogen-bond donors (Lipinski definition) is 0. The molecule has 1 nitrogen and oxygen atoms in total. The minimum Gasteiger partial charge on any atom is -0.250 e. The summed E-state index contributed by atoms with van der Waals surface area (Å²) in [5.74, 6) is 0. The first-order valence-corrected chi connectivity index (χ1v) is 5.97. The summed E-state index contributed by atoms with van der Waals surface area (Å²) in [6, 6.07) is 5.92. The van der Waals surface area contributed by atoms with Crippen LogP contribution in [0.4, 0.5) is 0 Å². The molecule has 0 aliphatic heterocycles. The molecule has 2 aromatic rings. The molecule has 72 valence electrons. The molecule has 0 aliphatic rings. The van der Waals surface area contributed by atoms with E-state index in [2.05, 4.69) is 36.8 Å². The lowest BCUT2D eigenvalue weighted by Crippen LogP contribution is -1.88. The lowest BCUT2D eigenvalue weighted by atomic mass is 10.2. The van der Waals surface area contributed by atoms with Gasteiger partial charge < -0.3 is 0 Å². The van der Waals surface area contributed by atoms with E-state index in [1.54, 1.807) is 0 Å². The molecule has 1 aromatic heterocycles. The Hall–Kier alpha value is -0.120. The number of halogens is 3. The topological polar surface area (TPSA) is 12.9 Å². The molecule has 0 saturated carbocycles. The average molecular weight is 335 g/mol. The molecule has 1 heterocycles. The highest BCUT2D eigenvalue weighted by Gasteiger charge is 2.09. The van der Waals surface area contributed by atoms with E-state index >= 15 is 0 Å². The van der Waals surface area contributed by atoms with Crippen molar-refractivity contribution in [2.75, 3.05) is 0 Å². The van der Waals surface area contributed by atoms with Gasteiger partial charge in [-0.3, -0.25) is 4.98 Å². The van der Waals surface area contributed by atoms with Gasteiger partial charge in [-0.2, -0.15) is 0 Å². The molecule has 0 fully saturated rings. The average Bonchev–Trinajstić information content (AvgIpc) is 2.17. The molecule has 0 bridgehead atoms. The van der Waals surface area contributed by atoms with Gasteiger partial charge in [-0.05, 0) is 44.8 Å².